The molecule has 26 heavy (non-hydrogen) atoms. The first kappa shape index (κ1) is 19.8. The SMILES string of the molecule is CCOC(=O)CCCCCCN1C(=O)C/C(=C\c2cccc(F)c2)C1=O. The Labute approximate surface area is 152 Å². The maximum atomic E-state index is 13.2. The van der Waals surface area contributed by atoms with Gasteiger partial charge in [-0.3, -0.25) is 19.3 Å². The van der Waals surface area contributed by atoms with Crippen LogP contribution in [0.3, 0.4) is 0 Å². The van der Waals surface area contributed by atoms with Crippen LogP contribution in [-0.2, 0) is 19.1 Å². The van der Waals surface area contributed by atoms with E-state index in [1.54, 1.807) is 25.1 Å². The molecule has 140 valence electrons. The van der Waals surface area contributed by atoms with E-state index < -0.39 is 0 Å². The third-order valence-corrected chi connectivity index (χ3v) is 4.17. The highest BCUT2D eigenvalue weighted by atomic mass is 19.1. The average molecular weight is 361 g/mol. The second kappa shape index (κ2) is 9.85. The molecule has 0 unspecified atom stereocenters. The molecule has 2 rings (SSSR count). The van der Waals surface area contributed by atoms with Crippen molar-refractivity contribution in [1.29, 1.82) is 0 Å². The van der Waals surface area contributed by atoms with Gasteiger partial charge in [0.05, 0.1) is 13.0 Å². The summed E-state index contributed by atoms with van der Waals surface area (Å²) in [6, 6.07) is 5.92. The van der Waals surface area contributed by atoms with E-state index in [4.69, 9.17) is 4.74 Å². The van der Waals surface area contributed by atoms with Gasteiger partial charge in [-0.05, 0) is 43.5 Å². The van der Waals surface area contributed by atoms with Gasteiger partial charge in [0.15, 0.2) is 0 Å². The van der Waals surface area contributed by atoms with Crippen molar-refractivity contribution in [2.75, 3.05) is 13.2 Å². The zero-order valence-electron chi connectivity index (χ0n) is 15.0. The minimum atomic E-state index is -0.379. The van der Waals surface area contributed by atoms with E-state index in [0.29, 0.717) is 37.1 Å². The fourth-order valence-corrected chi connectivity index (χ4v) is 2.88. The molecule has 0 radical (unpaired) electrons. The monoisotopic (exact) mass is 361 g/mol. The Kier molecular flexibility index (Phi) is 7.51. The molecular weight excluding hydrogens is 337 g/mol. The highest BCUT2D eigenvalue weighted by molar-refractivity contribution is 6.15. The van der Waals surface area contributed by atoms with E-state index in [-0.39, 0.29) is 30.0 Å². The van der Waals surface area contributed by atoms with Crippen molar-refractivity contribution in [2.45, 2.75) is 45.4 Å². The topological polar surface area (TPSA) is 63.7 Å². The van der Waals surface area contributed by atoms with Crippen LogP contribution in [0, 0.1) is 5.82 Å². The van der Waals surface area contributed by atoms with Crippen LogP contribution in [-0.4, -0.2) is 35.8 Å². The molecule has 0 saturated carbocycles. The number of carbonyl (C=O) groups is 3. The molecule has 2 amide bonds. The summed E-state index contributed by atoms with van der Waals surface area (Å²) in [5, 5.41) is 0. The number of carbonyl (C=O) groups excluding carboxylic acids is 3. The van der Waals surface area contributed by atoms with Crippen molar-refractivity contribution in [3.63, 3.8) is 0 Å². The van der Waals surface area contributed by atoms with Gasteiger partial charge in [0.2, 0.25) is 5.91 Å². The number of rotatable bonds is 9. The van der Waals surface area contributed by atoms with Gasteiger partial charge in [-0.1, -0.05) is 25.0 Å². The van der Waals surface area contributed by atoms with E-state index in [2.05, 4.69) is 0 Å². The third-order valence-electron chi connectivity index (χ3n) is 4.17. The molecule has 0 bridgehead atoms. The molecule has 5 nitrogen and oxygen atoms in total. The summed E-state index contributed by atoms with van der Waals surface area (Å²) in [6.45, 7) is 2.54. The first-order valence-corrected chi connectivity index (χ1v) is 8.97. The third kappa shape index (κ3) is 5.79. The molecule has 0 spiro atoms. The van der Waals surface area contributed by atoms with Crippen molar-refractivity contribution in [1.82, 2.24) is 4.90 Å². The molecule has 0 aromatic heterocycles. The summed E-state index contributed by atoms with van der Waals surface area (Å²) in [6.07, 6.45) is 5.15. The van der Waals surface area contributed by atoms with Crippen LogP contribution in [0.2, 0.25) is 0 Å². The molecule has 1 fully saturated rings. The van der Waals surface area contributed by atoms with Gasteiger partial charge in [-0.2, -0.15) is 0 Å². The van der Waals surface area contributed by atoms with Gasteiger partial charge >= 0.3 is 5.97 Å². The van der Waals surface area contributed by atoms with Crippen molar-refractivity contribution < 1.29 is 23.5 Å². The number of likely N-dealkylation sites (tertiary alicyclic amines) is 1. The predicted octanol–water partition coefficient (Wildman–Crippen LogP) is 3.48. The maximum Gasteiger partial charge on any atom is 0.305 e. The van der Waals surface area contributed by atoms with Gasteiger partial charge in [-0.15, -0.1) is 0 Å². The first-order chi connectivity index (χ1) is 12.5. The largest absolute Gasteiger partial charge is 0.466 e. The van der Waals surface area contributed by atoms with E-state index in [9.17, 15) is 18.8 Å². The van der Waals surface area contributed by atoms with Crippen molar-refractivity contribution in [3.8, 4) is 0 Å². The van der Waals surface area contributed by atoms with Crippen LogP contribution in [0.25, 0.3) is 6.08 Å². The molecule has 0 aliphatic carbocycles. The minimum Gasteiger partial charge on any atom is -0.466 e. The van der Waals surface area contributed by atoms with Crippen LogP contribution in [0.4, 0.5) is 4.39 Å². The Hall–Kier alpha value is -2.50. The van der Waals surface area contributed by atoms with E-state index >= 15 is 0 Å². The molecule has 1 heterocycles. The Bertz CT molecular complexity index is 699. The Balaban J connectivity index is 1.77. The van der Waals surface area contributed by atoms with Gasteiger partial charge in [-0.25, -0.2) is 4.39 Å². The van der Waals surface area contributed by atoms with E-state index in [0.717, 1.165) is 19.3 Å². The summed E-state index contributed by atoms with van der Waals surface area (Å²) in [4.78, 5) is 36.9. The molecule has 1 saturated heterocycles. The number of ether oxygens (including phenoxy) is 1. The average Bonchev–Trinajstić information content (AvgIpc) is 2.85. The van der Waals surface area contributed by atoms with Crippen molar-refractivity contribution in [3.05, 3.63) is 41.2 Å². The molecule has 6 heteroatoms. The Morgan fingerprint density at radius 2 is 2.00 bits per heavy atom. The standard InChI is InChI=1S/C20H24FNO4/c1-2-26-19(24)10-5-3-4-6-11-22-18(23)14-16(20(22)25)12-15-8-7-9-17(21)13-15/h7-9,12-13H,2-6,10-11,14H2,1H3/b16-12+. The summed E-state index contributed by atoms with van der Waals surface area (Å²) < 4.78 is 18.1. The van der Waals surface area contributed by atoms with Crippen LogP contribution >= 0.6 is 0 Å². The summed E-state index contributed by atoms with van der Waals surface area (Å²) in [5.74, 6) is -1.09. The summed E-state index contributed by atoms with van der Waals surface area (Å²) >= 11 is 0. The lowest BCUT2D eigenvalue weighted by atomic mass is 10.1. The highest BCUT2D eigenvalue weighted by Gasteiger charge is 2.33. The van der Waals surface area contributed by atoms with Crippen molar-refractivity contribution in [2.24, 2.45) is 0 Å². The molecule has 1 aliphatic heterocycles. The fourth-order valence-electron chi connectivity index (χ4n) is 2.88. The number of amides is 2. The number of hydrogen-bond acceptors (Lipinski definition) is 4. The van der Waals surface area contributed by atoms with Crippen LogP contribution in [0.1, 0.15) is 51.0 Å². The minimum absolute atomic E-state index is 0.0538. The lowest BCUT2D eigenvalue weighted by molar-refractivity contribution is -0.143. The number of halogens is 1. The lowest BCUT2D eigenvalue weighted by Gasteiger charge is -2.13. The molecule has 1 aromatic carbocycles. The quantitative estimate of drug-likeness (QED) is 0.292. The second-order valence-electron chi connectivity index (χ2n) is 6.22. The Morgan fingerprint density at radius 3 is 2.73 bits per heavy atom. The zero-order chi connectivity index (χ0) is 18.9. The van der Waals surface area contributed by atoms with Gasteiger partial charge in [0.25, 0.3) is 5.91 Å². The Morgan fingerprint density at radius 1 is 1.23 bits per heavy atom. The zero-order valence-corrected chi connectivity index (χ0v) is 15.0. The van der Waals surface area contributed by atoms with E-state index in [1.165, 1.54) is 17.0 Å². The second-order valence-corrected chi connectivity index (χ2v) is 6.22. The highest BCUT2D eigenvalue weighted by Crippen LogP contribution is 2.22. The molecule has 1 aliphatic rings. The molecule has 0 atom stereocenters. The van der Waals surface area contributed by atoms with Gasteiger partial charge in [0, 0.05) is 18.5 Å². The van der Waals surface area contributed by atoms with Crippen LogP contribution in [0.15, 0.2) is 29.8 Å². The molecular formula is C20H24FNO4. The maximum absolute atomic E-state index is 13.2. The number of unbranched alkanes of at least 4 members (excludes halogenated alkanes) is 3. The summed E-state index contributed by atoms with van der Waals surface area (Å²) in [5.41, 5.74) is 0.963. The van der Waals surface area contributed by atoms with Crippen LogP contribution in [0.5, 0.6) is 0 Å². The summed E-state index contributed by atoms with van der Waals surface area (Å²) in [7, 11) is 0. The van der Waals surface area contributed by atoms with Crippen molar-refractivity contribution >= 4 is 23.9 Å². The first-order valence-electron chi connectivity index (χ1n) is 8.97. The number of imide groups is 1. The number of hydrogen-bond donors (Lipinski definition) is 0. The van der Waals surface area contributed by atoms with Gasteiger partial charge in [0.1, 0.15) is 5.82 Å². The van der Waals surface area contributed by atoms with E-state index in [1.807, 2.05) is 0 Å². The number of nitrogens with zero attached hydrogens (tertiary/aromatic N) is 1. The number of benzene rings is 1. The fraction of sp³-hybridized carbons (Fsp3) is 0.450. The molecule has 0 N–H and O–H groups in total. The number of esters is 1. The lowest BCUT2D eigenvalue weighted by Crippen LogP contribution is -2.30. The molecule has 1 aromatic rings. The smallest absolute Gasteiger partial charge is 0.305 e. The normalized spacial score (nSPS) is 15.8. The van der Waals surface area contributed by atoms with Crippen LogP contribution < -0.4 is 0 Å². The van der Waals surface area contributed by atoms with Gasteiger partial charge < -0.3 is 4.74 Å². The predicted molar refractivity (Wildman–Crippen MR) is 95.4 cm³/mol.